The number of carbonyl (C=O) groups excluding carboxylic acids is 1. The monoisotopic (exact) mass is 412 g/mol. The number of carboxylic acids is 1. The molecule has 0 unspecified atom stereocenters. The van der Waals surface area contributed by atoms with Gasteiger partial charge in [0.1, 0.15) is 5.03 Å². The highest BCUT2D eigenvalue weighted by molar-refractivity contribution is 7.99. The summed E-state index contributed by atoms with van der Waals surface area (Å²) in [7, 11) is 0. The van der Waals surface area contributed by atoms with Crippen LogP contribution in [0.15, 0.2) is 76.8 Å². The quantitative estimate of drug-likeness (QED) is 0.565. The van der Waals surface area contributed by atoms with Crippen molar-refractivity contribution in [3.63, 3.8) is 0 Å². The van der Waals surface area contributed by atoms with E-state index in [1.165, 1.54) is 22.7 Å². The van der Waals surface area contributed by atoms with E-state index < -0.39 is 5.97 Å². The van der Waals surface area contributed by atoms with Gasteiger partial charge in [-0.2, -0.15) is 0 Å². The van der Waals surface area contributed by atoms with Crippen molar-refractivity contribution in [2.75, 3.05) is 4.90 Å². The van der Waals surface area contributed by atoms with Gasteiger partial charge in [-0.3, -0.25) is 9.69 Å². The first-order valence-electron chi connectivity index (χ1n) is 8.54. The van der Waals surface area contributed by atoms with Gasteiger partial charge >= 0.3 is 5.97 Å². The number of hydrogen-bond acceptors (Lipinski definition) is 4. The Balaban J connectivity index is 2.06. The molecular weight excluding hydrogens is 396 g/mol. The number of aromatic nitrogens is 1. The van der Waals surface area contributed by atoms with Crippen LogP contribution in [0.4, 0.5) is 11.4 Å². The standard InChI is InChI=1S/C21H17ClN2O3S/c1-2-20(25)24(18-10-9-14(22)12-17(18)21(26)27)15-6-5-7-16(13-15)28-19-8-3-4-11-23-19/h3-13H,2H2,1H3,(H,26,27). The van der Waals surface area contributed by atoms with Gasteiger partial charge in [0.05, 0.1) is 16.9 Å². The Hall–Kier alpha value is -2.83. The van der Waals surface area contributed by atoms with Crippen LogP contribution < -0.4 is 4.90 Å². The van der Waals surface area contributed by atoms with Gasteiger partial charge in [0, 0.05) is 22.5 Å². The normalized spacial score (nSPS) is 10.5. The van der Waals surface area contributed by atoms with Crippen LogP contribution in [-0.2, 0) is 4.79 Å². The molecule has 1 amide bonds. The van der Waals surface area contributed by atoms with Crippen molar-refractivity contribution in [3.8, 4) is 0 Å². The Morgan fingerprint density at radius 2 is 1.93 bits per heavy atom. The molecule has 3 aromatic rings. The van der Waals surface area contributed by atoms with E-state index in [1.807, 2.05) is 36.4 Å². The summed E-state index contributed by atoms with van der Waals surface area (Å²) in [6.45, 7) is 1.73. The molecule has 2 aromatic carbocycles. The van der Waals surface area contributed by atoms with Crippen molar-refractivity contribution in [3.05, 3.63) is 77.4 Å². The van der Waals surface area contributed by atoms with Crippen molar-refractivity contribution in [2.45, 2.75) is 23.3 Å². The molecule has 0 aliphatic carbocycles. The summed E-state index contributed by atoms with van der Waals surface area (Å²) < 4.78 is 0. The Morgan fingerprint density at radius 3 is 2.61 bits per heavy atom. The molecule has 0 aliphatic heterocycles. The van der Waals surface area contributed by atoms with Gasteiger partial charge in [-0.25, -0.2) is 9.78 Å². The molecule has 0 aliphatic rings. The zero-order valence-corrected chi connectivity index (χ0v) is 16.6. The van der Waals surface area contributed by atoms with Crippen molar-refractivity contribution < 1.29 is 14.7 Å². The first-order valence-corrected chi connectivity index (χ1v) is 9.73. The maximum absolute atomic E-state index is 12.7. The zero-order valence-electron chi connectivity index (χ0n) is 15.0. The molecule has 0 bridgehead atoms. The number of anilines is 2. The van der Waals surface area contributed by atoms with Crippen LogP contribution in [-0.4, -0.2) is 22.0 Å². The number of nitrogens with zero attached hydrogens (tertiary/aromatic N) is 2. The minimum atomic E-state index is -1.15. The van der Waals surface area contributed by atoms with E-state index >= 15 is 0 Å². The average Bonchev–Trinajstić information content (AvgIpc) is 2.70. The Morgan fingerprint density at radius 1 is 1.11 bits per heavy atom. The molecule has 1 N–H and O–H groups in total. The molecule has 1 heterocycles. The van der Waals surface area contributed by atoms with Gasteiger partial charge in [-0.15, -0.1) is 0 Å². The van der Waals surface area contributed by atoms with Gasteiger partial charge in [-0.1, -0.05) is 42.4 Å². The molecule has 0 fully saturated rings. The molecule has 142 valence electrons. The summed E-state index contributed by atoms with van der Waals surface area (Å²) >= 11 is 7.42. The van der Waals surface area contributed by atoms with E-state index in [4.69, 9.17) is 11.6 Å². The number of aromatic carboxylic acids is 1. The van der Waals surface area contributed by atoms with Gasteiger partial charge < -0.3 is 5.11 Å². The molecule has 0 atom stereocenters. The van der Waals surface area contributed by atoms with Crippen molar-refractivity contribution >= 4 is 46.6 Å². The molecular formula is C21H17ClN2O3S. The number of pyridine rings is 1. The molecule has 0 radical (unpaired) electrons. The van der Waals surface area contributed by atoms with Crippen LogP contribution in [0, 0.1) is 0 Å². The molecule has 28 heavy (non-hydrogen) atoms. The molecule has 0 saturated carbocycles. The van der Waals surface area contributed by atoms with Crippen LogP contribution in [0.25, 0.3) is 0 Å². The Bertz CT molecular complexity index is 1010. The summed E-state index contributed by atoms with van der Waals surface area (Å²) in [5.41, 5.74) is 0.832. The molecule has 3 rings (SSSR count). The lowest BCUT2D eigenvalue weighted by Crippen LogP contribution is -2.26. The second-order valence-corrected chi connectivity index (χ2v) is 7.35. The highest BCUT2D eigenvalue weighted by Crippen LogP contribution is 2.35. The summed E-state index contributed by atoms with van der Waals surface area (Å²) in [6, 6.07) is 17.5. The van der Waals surface area contributed by atoms with Gasteiger partial charge in [-0.05, 0) is 48.5 Å². The SMILES string of the molecule is CCC(=O)N(c1cccc(Sc2ccccn2)c1)c1ccc(Cl)cc1C(=O)O. The Labute approximate surface area is 172 Å². The number of amides is 1. The topological polar surface area (TPSA) is 70.5 Å². The van der Waals surface area contributed by atoms with E-state index in [1.54, 1.807) is 31.3 Å². The summed E-state index contributed by atoms with van der Waals surface area (Å²) in [4.78, 5) is 31.0. The van der Waals surface area contributed by atoms with E-state index in [-0.39, 0.29) is 23.6 Å². The molecule has 7 heteroatoms. The van der Waals surface area contributed by atoms with E-state index in [9.17, 15) is 14.7 Å². The third kappa shape index (κ3) is 4.52. The average molecular weight is 413 g/mol. The first kappa shape index (κ1) is 19.9. The number of hydrogen-bond donors (Lipinski definition) is 1. The number of halogens is 1. The smallest absolute Gasteiger partial charge is 0.337 e. The van der Waals surface area contributed by atoms with Crippen LogP contribution in [0.3, 0.4) is 0 Å². The summed E-state index contributed by atoms with van der Waals surface area (Å²) in [5, 5.41) is 10.7. The predicted molar refractivity (Wildman–Crippen MR) is 111 cm³/mol. The zero-order chi connectivity index (χ0) is 20.1. The maximum atomic E-state index is 12.7. The lowest BCUT2D eigenvalue weighted by molar-refractivity contribution is -0.117. The molecule has 5 nitrogen and oxygen atoms in total. The number of benzene rings is 2. The van der Waals surface area contributed by atoms with Crippen molar-refractivity contribution in [1.82, 2.24) is 4.98 Å². The second kappa shape index (κ2) is 8.91. The van der Waals surface area contributed by atoms with Crippen LogP contribution in [0.5, 0.6) is 0 Å². The van der Waals surface area contributed by atoms with Crippen LogP contribution >= 0.6 is 23.4 Å². The Kier molecular flexibility index (Phi) is 6.34. The van der Waals surface area contributed by atoms with Crippen molar-refractivity contribution in [1.29, 1.82) is 0 Å². The number of carboxylic acid groups (broad SMARTS) is 1. The van der Waals surface area contributed by atoms with Gasteiger partial charge in [0.25, 0.3) is 0 Å². The summed E-state index contributed by atoms with van der Waals surface area (Å²) in [6.07, 6.45) is 1.94. The summed E-state index contributed by atoms with van der Waals surface area (Å²) in [5.74, 6) is -1.37. The number of rotatable bonds is 6. The van der Waals surface area contributed by atoms with Crippen LogP contribution in [0.1, 0.15) is 23.7 Å². The lowest BCUT2D eigenvalue weighted by atomic mass is 10.1. The molecule has 0 spiro atoms. The molecule has 1 aromatic heterocycles. The van der Waals surface area contributed by atoms with E-state index in [2.05, 4.69) is 4.98 Å². The fraction of sp³-hybridized carbons (Fsp3) is 0.0952. The fourth-order valence-electron chi connectivity index (χ4n) is 2.66. The minimum Gasteiger partial charge on any atom is -0.478 e. The largest absolute Gasteiger partial charge is 0.478 e. The van der Waals surface area contributed by atoms with Crippen molar-refractivity contribution in [2.24, 2.45) is 0 Å². The van der Waals surface area contributed by atoms with E-state index in [0.717, 1.165) is 9.92 Å². The highest BCUT2D eigenvalue weighted by atomic mass is 35.5. The second-order valence-electron chi connectivity index (χ2n) is 5.82. The third-order valence-electron chi connectivity index (χ3n) is 3.92. The highest BCUT2D eigenvalue weighted by Gasteiger charge is 2.23. The lowest BCUT2D eigenvalue weighted by Gasteiger charge is -2.24. The molecule has 0 saturated heterocycles. The van der Waals surface area contributed by atoms with Crippen LogP contribution in [0.2, 0.25) is 5.02 Å². The predicted octanol–water partition coefficient (Wildman–Crippen LogP) is 5.66. The number of carbonyl (C=O) groups is 2. The first-order chi connectivity index (χ1) is 13.5. The third-order valence-corrected chi connectivity index (χ3v) is 5.09. The van der Waals surface area contributed by atoms with E-state index in [0.29, 0.717) is 10.7 Å². The van der Waals surface area contributed by atoms with Gasteiger partial charge in [0.2, 0.25) is 5.91 Å². The minimum absolute atomic E-state index is 0.0305. The fourth-order valence-corrected chi connectivity index (χ4v) is 3.66. The maximum Gasteiger partial charge on any atom is 0.337 e. The van der Waals surface area contributed by atoms with Gasteiger partial charge in [0.15, 0.2) is 0 Å².